The van der Waals surface area contributed by atoms with Crippen LogP contribution in [0, 0.1) is 29.1 Å². The Morgan fingerprint density at radius 2 is 1.49 bits per heavy atom. The zero-order valence-corrected chi connectivity index (χ0v) is 19.7. The quantitative estimate of drug-likeness (QED) is 0.316. The van der Waals surface area contributed by atoms with E-state index in [0.717, 1.165) is 25.3 Å². The van der Waals surface area contributed by atoms with Gasteiger partial charge in [0.05, 0.1) is 12.7 Å². The van der Waals surface area contributed by atoms with Crippen LogP contribution in [0.15, 0.2) is 48.5 Å². The maximum atomic E-state index is 15.0. The van der Waals surface area contributed by atoms with Crippen LogP contribution in [0.4, 0.5) is 22.0 Å². The molecule has 0 radical (unpaired) electrons. The summed E-state index contributed by atoms with van der Waals surface area (Å²) in [6, 6.07) is 9.16. The molecule has 3 aromatic carbocycles. The van der Waals surface area contributed by atoms with Crippen molar-refractivity contribution < 1.29 is 26.7 Å². The molecular formula is C29H27F5O. The molecular weight excluding hydrogens is 459 g/mol. The van der Waals surface area contributed by atoms with Crippen molar-refractivity contribution in [3.63, 3.8) is 0 Å². The molecule has 0 bridgehead atoms. The van der Waals surface area contributed by atoms with Crippen molar-refractivity contribution in [2.45, 2.75) is 51.6 Å². The van der Waals surface area contributed by atoms with Gasteiger partial charge in [-0.15, -0.1) is 0 Å². The molecule has 35 heavy (non-hydrogen) atoms. The summed E-state index contributed by atoms with van der Waals surface area (Å²) in [6.45, 7) is 4.10. The lowest BCUT2D eigenvalue weighted by molar-refractivity contribution is -0.00181. The van der Waals surface area contributed by atoms with E-state index in [1.165, 1.54) is 36.4 Å². The third kappa shape index (κ3) is 5.03. The van der Waals surface area contributed by atoms with Crippen LogP contribution in [0.3, 0.4) is 0 Å². The normalized spacial score (nSPS) is 18.4. The second-order valence-corrected chi connectivity index (χ2v) is 8.87. The molecule has 1 nitrogen and oxygen atoms in total. The molecule has 1 fully saturated rings. The van der Waals surface area contributed by atoms with Crippen molar-refractivity contribution in [1.82, 2.24) is 0 Å². The molecule has 1 saturated heterocycles. The van der Waals surface area contributed by atoms with E-state index in [2.05, 4.69) is 6.92 Å². The SMILES string of the molecule is CC=Cc1ccc(-c2ccc(-c3ccc(C4CCC(CCC)OC4)c(F)c3F)c(F)c2F)cc1F. The van der Waals surface area contributed by atoms with Crippen LogP contribution in [0.1, 0.15) is 56.6 Å². The molecule has 1 aliphatic rings. The molecule has 2 atom stereocenters. The summed E-state index contributed by atoms with van der Waals surface area (Å²) in [4.78, 5) is 0. The van der Waals surface area contributed by atoms with Gasteiger partial charge in [0.2, 0.25) is 0 Å². The van der Waals surface area contributed by atoms with E-state index in [0.29, 0.717) is 18.6 Å². The van der Waals surface area contributed by atoms with E-state index in [-0.39, 0.29) is 34.3 Å². The van der Waals surface area contributed by atoms with E-state index in [1.807, 2.05) is 0 Å². The summed E-state index contributed by atoms with van der Waals surface area (Å²) < 4.78 is 80.1. The van der Waals surface area contributed by atoms with Crippen LogP contribution < -0.4 is 0 Å². The number of halogens is 5. The topological polar surface area (TPSA) is 9.23 Å². The number of allylic oxidation sites excluding steroid dienone is 1. The minimum Gasteiger partial charge on any atom is -0.378 e. The molecule has 3 aromatic rings. The van der Waals surface area contributed by atoms with Crippen LogP contribution in [0.5, 0.6) is 0 Å². The van der Waals surface area contributed by atoms with Gasteiger partial charge in [-0.1, -0.05) is 61.9 Å². The van der Waals surface area contributed by atoms with Gasteiger partial charge in [0.25, 0.3) is 0 Å². The maximum Gasteiger partial charge on any atom is 0.167 e. The van der Waals surface area contributed by atoms with Crippen LogP contribution >= 0.6 is 0 Å². The molecule has 184 valence electrons. The monoisotopic (exact) mass is 486 g/mol. The minimum atomic E-state index is -1.32. The van der Waals surface area contributed by atoms with Crippen molar-refractivity contribution in [3.05, 3.63) is 88.8 Å². The first kappa shape index (κ1) is 25.1. The molecule has 2 unspecified atom stereocenters. The molecule has 0 saturated carbocycles. The highest BCUT2D eigenvalue weighted by molar-refractivity contribution is 5.73. The largest absolute Gasteiger partial charge is 0.378 e. The number of rotatable bonds is 6. The van der Waals surface area contributed by atoms with Gasteiger partial charge < -0.3 is 4.74 Å². The zero-order chi connectivity index (χ0) is 25.1. The van der Waals surface area contributed by atoms with Crippen LogP contribution in [-0.4, -0.2) is 12.7 Å². The summed E-state index contributed by atoms with van der Waals surface area (Å²) >= 11 is 0. The van der Waals surface area contributed by atoms with E-state index in [1.54, 1.807) is 19.1 Å². The Hall–Kier alpha value is -2.99. The van der Waals surface area contributed by atoms with Gasteiger partial charge in [0.1, 0.15) is 5.82 Å². The minimum absolute atomic E-state index is 0.131. The van der Waals surface area contributed by atoms with Gasteiger partial charge in [0.15, 0.2) is 23.3 Å². The first-order valence-electron chi connectivity index (χ1n) is 11.9. The fraction of sp³-hybridized carbons (Fsp3) is 0.310. The summed E-state index contributed by atoms with van der Waals surface area (Å²) in [5.41, 5.74) is -0.311. The number of benzene rings is 3. The van der Waals surface area contributed by atoms with Gasteiger partial charge >= 0.3 is 0 Å². The fourth-order valence-electron chi connectivity index (χ4n) is 4.68. The van der Waals surface area contributed by atoms with E-state index < -0.39 is 34.6 Å². The lowest BCUT2D eigenvalue weighted by atomic mass is 9.88. The van der Waals surface area contributed by atoms with Crippen molar-refractivity contribution >= 4 is 6.08 Å². The highest BCUT2D eigenvalue weighted by atomic mass is 19.2. The van der Waals surface area contributed by atoms with E-state index in [4.69, 9.17) is 4.74 Å². The highest BCUT2D eigenvalue weighted by Crippen LogP contribution is 2.37. The summed E-state index contributed by atoms with van der Waals surface area (Å²) in [5.74, 6) is -5.76. The van der Waals surface area contributed by atoms with Crippen molar-refractivity contribution in [3.8, 4) is 22.3 Å². The van der Waals surface area contributed by atoms with Crippen molar-refractivity contribution in [1.29, 1.82) is 0 Å². The summed E-state index contributed by atoms with van der Waals surface area (Å²) in [6.07, 6.45) is 6.70. The van der Waals surface area contributed by atoms with Crippen molar-refractivity contribution in [2.24, 2.45) is 0 Å². The second-order valence-electron chi connectivity index (χ2n) is 8.87. The first-order chi connectivity index (χ1) is 16.8. The molecule has 0 aliphatic carbocycles. The molecule has 0 aromatic heterocycles. The number of hydrogen-bond acceptors (Lipinski definition) is 1. The third-order valence-corrected chi connectivity index (χ3v) is 6.56. The lowest BCUT2D eigenvalue weighted by Gasteiger charge is -2.29. The molecule has 1 aliphatic heterocycles. The third-order valence-electron chi connectivity index (χ3n) is 6.56. The lowest BCUT2D eigenvalue weighted by Crippen LogP contribution is -2.25. The predicted octanol–water partition coefficient (Wildman–Crippen LogP) is 8.81. The molecule has 0 spiro atoms. The Labute approximate surface area is 202 Å². The molecule has 1 heterocycles. The van der Waals surface area contributed by atoms with Crippen LogP contribution in [0.2, 0.25) is 0 Å². The Morgan fingerprint density at radius 3 is 2.11 bits per heavy atom. The summed E-state index contributed by atoms with van der Waals surface area (Å²) in [7, 11) is 0. The van der Waals surface area contributed by atoms with Crippen LogP contribution in [-0.2, 0) is 4.74 Å². The van der Waals surface area contributed by atoms with E-state index in [9.17, 15) is 8.78 Å². The molecule has 4 rings (SSSR count). The molecule has 0 N–H and O–H groups in total. The zero-order valence-electron chi connectivity index (χ0n) is 19.7. The van der Waals surface area contributed by atoms with Gasteiger partial charge in [-0.05, 0) is 43.4 Å². The standard InChI is InChI=1S/C29H27F5O/c1-3-5-17-7-8-18(15-25(17)30)21-11-13-23(28(33)26(21)31)24-14-12-22(27(32)29(24)34)19-9-10-20(6-4-2)35-16-19/h3,5,7-8,11-15,19-20H,4,6,9-10,16H2,1-2H3. The summed E-state index contributed by atoms with van der Waals surface area (Å²) in [5, 5.41) is 0. The number of ether oxygens (including phenoxy) is 1. The Kier molecular flexibility index (Phi) is 7.70. The van der Waals surface area contributed by atoms with Crippen molar-refractivity contribution in [2.75, 3.05) is 6.61 Å². The predicted molar refractivity (Wildman–Crippen MR) is 128 cm³/mol. The number of hydrogen-bond donors (Lipinski definition) is 0. The first-order valence-corrected chi connectivity index (χ1v) is 11.9. The van der Waals surface area contributed by atoms with E-state index >= 15 is 13.2 Å². The fourth-order valence-corrected chi connectivity index (χ4v) is 4.68. The average molecular weight is 487 g/mol. The highest BCUT2D eigenvalue weighted by Gasteiger charge is 2.28. The smallest absolute Gasteiger partial charge is 0.167 e. The average Bonchev–Trinajstić information content (AvgIpc) is 2.85. The Bertz CT molecular complexity index is 1240. The van der Waals surface area contributed by atoms with Gasteiger partial charge in [-0.25, -0.2) is 22.0 Å². The second kappa shape index (κ2) is 10.7. The van der Waals surface area contributed by atoms with Crippen LogP contribution in [0.25, 0.3) is 28.3 Å². The van der Waals surface area contributed by atoms with Gasteiger partial charge in [-0.2, -0.15) is 0 Å². The molecule has 6 heteroatoms. The maximum absolute atomic E-state index is 15.0. The van der Waals surface area contributed by atoms with Gasteiger partial charge in [-0.3, -0.25) is 0 Å². The van der Waals surface area contributed by atoms with Gasteiger partial charge in [0, 0.05) is 28.2 Å². The Balaban J connectivity index is 1.64. The molecule has 0 amide bonds. The Morgan fingerprint density at radius 1 is 0.829 bits per heavy atom.